The molecule has 0 aliphatic rings. The van der Waals surface area contributed by atoms with Crippen LogP contribution in [0.4, 0.5) is 0 Å². The predicted octanol–water partition coefficient (Wildman–Crippen LogP) is 2.00. The van der Waals surface area contributed by atoms with Gasteiger partial charge in [-0.1, -0.05) is 23.7 Å². The molecular weight excluding hydrogens is 244 g/mol. The van der Waals surface area contributed by atoms with Crippen LogP contribution in [0.1, 0.15) is 10.5 Å². The molecule has 2 rings (SSSR count). The summed E-state index contributed by atoms with van der Waals surface area (Å²) < 4.78 is 0. The van der Waals surface area contributed by atoms with Crippen molar-refractivity contribution in [2.24, 2.45) is 0 Å². The summed E-state index contributed by atoms with van der Waals surface area (Å²) in [4.78, 5) is 28.2. The number of H-pyrrole nitrogens is 1. The van der Waals surface area contributed by atoms with Crippen LogP contribution in [0.25, 0.3) is 11.4 Å². The predicted molar refractivity (Wildman–Crippen MR) is 61.0 cm³/mol. The Hall–Kier alpha value is -2.14. The molecule has 0 aliphatic heterocycles. The average molecular weight is 251 g/mol. The summed E-state index contributed by atoms with van der Waals surface area (Å²) >= 11 is 5.95. The Balaban J connectivity index is 2.40. The van der Waals surface area contributed by atoms with Crippen LogP contribution in [0.5, 0.6) is 0 Å². The molecule has 2 aromatic rings. The quantitative estimate of drug-likeness (QED) is 0.645. The number of carbonyl (C=O) groups excluding carboxylic acids is 1. The number of aromatic nitrogens is 2. The van der Waals surface area contributed by atoms with Crippen LogP contribution in [-0.4, -0.2) is 26.8 Å². The number of aliphatic carboxylic acids is 1. The van der Waals surface area contributed by atoms with Crippen LogP contribution in [0.3, 0.4) is 0 Å². The zero-order valence-electron chi connectivity index (χ0n) is 8.48. The maximum absolute atomic E-state index is 11.2. The summed E-state index contributed by atoms with van der Waals surface area (Å²) in [7, 11) is 0. The van der Waals surface area contributed by atoms with Crippen molar-refractivity contribution >= 4 is 23.4 Å². The third-order valence-electron chi connectivity index (χ3n) is 2.14. The SMILES string of the molecule is O=C(O)C(=O)c1cnc(-c2ccccc2Cl)[nH]1. The first-order chi connectivity index (χ1) is 8.09. The highest BCUT2D eigenvalue weighted by molar-refractivity contribution is 6.39. The molecule has 2 N–H and O–H groups in total. The second-order valence-electron chi connectivity index (χ2n) is 3.26. The van der Waals surface area contributed by atoms with Crippen molar-refractivity contribution in [2.45, 2.75) is 0 Å². The Kier molecular flexibility index (Phi) is 2.93. The number of carboxylic acids is 1. The fraction of sp³-hybridized carbons (Fsp3) is 0. The zero-order valence-corrected chi connectivity index (χ0v) is 9.23. The summed E-state index contributed by atoms with van der Waals surface area (Å²) in [5.74, 6) is -2.20. The van der Waals surface area contributed by atoms with Gasteiger partial charge in [0.1, 0.15) is 11.5 Å². The second-order valence-corrected chi connectivity index (χ2v) is 3.67. The van der Waals surface area contributed by atoms with Gasteiger partial charge in [0.15, 0.2) is 0 Å². The molecular formula is C11H7ClN2O3. The molecule has 1 heterocycles. The van der Waals surface area contributed by atoms with Crippen LogP contribution < -0.4 is 0 Å². The van der Waals surface area contributed by atoms with Crippen molar-refractivity contribution in [3.8, 4) is 11.4 Å². The minimum Gasteiger partial charge on any atom is -0.475 e. The molecule has 6 heteroatoms. The van der Waals surface area contributed by atoms with Gasteiger partial charge in [0.05, 0.1) is 11.2 Å². The fourth-order valence-electron chi connectivity index (χ4n) is 1.34. The number of rotatable bonds is 3. The number of hydrogen-bond acceptors (Lipinski definition) is 3. The monoisotopic (exact) mass is 250 g/mol. The van der Waals surface area contributed by atoms with Gasteiger partial charge in [-0.2, -0.15) is 0 Å². The van der Waals surface area contributed by atoms with E-state index in [0.29, 0.717) is 16.4 Å². The van der Waals surface area contributed by atoms with E-state index in [1.165, 1.54) is 6.20 Å². The van der Waals surface area contributed by atoms with Crippen LogP contribution >= 0.6 is 11.6 Å². The molecule has 0 radical (unpaired) electrons. The summed E-state index contributed by atoms with van der Waals surface area (Å²) in [6.07, 6.45) is 1.18. The van der Waals surface area contributed by atoms with Gasteiger partial charge in [-0.3, -0.25) is 4.79 Å². The van der Waals surface area contributed by atoms with Crippen LogP contribution in [-0.2, 0) is 4.79 Å². The standard InChI is InChI=1S/C11H7ClN2O3/c12-7-4-2-1-3-6(7)10-13-5-8(14-10)9(15)11(16)17/h1-5H,(H,13,14)(H,16,17). The number of nitrogens with one attached hydrogen (secondary N) is 1. The highest BCUT2D eigenvalue weighted by Crippen LogP contribution is 2.24. The van der Waals surface area contributed by atoms with E-state index in [2.05, 4.69) is 9.97 Å². The average Bonchev–Trinajstić information content (AvgIpc) is 2.77. The van der Waals surface area contributed by atoms with Gasteiger partial charge in [-0.25, -0.2) is 9.78 Å². The van der Waals surface area contributed by atoms with E-state index < -0.39 is 11.8 Å². The minimum absolute atomic E-state index is 0.0765. The number of hydrogen-bond donors (Lipinski definition) is 2. The maximum Gasteiger partial charge on any atom is 0.378 e. The zero-order chi connectivity index (χ0) is 12.4. The van der Waals surface area contributed by atoms with Gasteiger partial charge in [-0.15, -0.1) is 0 Å². The number of Topliss-reactive ketones (excluding diaryl/α,β-unsaturated/α-hetero) is 1. The molecule has 0 saturated heterocycles. The number of ketones is 1. The van der Waals surface area contributed by atoms with Crippen molar-refractivity contribution < 1.29 is 14.7 Å². The smallest absolute Gasteiger partial charge is 0.378 e. The third-order valence-corrected chi connectivity index (χ3v) is 2.47. The van der Waals surface area contributed by atoms with Gasteiger partial charge in [0.25, 0.3) is 5.78 Å². The van der Waals surface area contributed by atoms with Crippen molar-refractivity contribution in [1.29, 1.82) is 0 Å². The summed E-state index contributed by atoms with van der Waals surface area (Å²) in [6.45, 7) is 0. The molecule has 5 nitrogen and oxygen atoms in total. The van der Waals surface area contributed by atoms with Gasteiger partial charge < -0.3 is 10.1 Å². The number of carbonyl (C=O) groups is 2. The van der Waals surface area contributed by atoms with E-state index in [9.17, 15) is 9.59 Å². The largest absolute Gasteiger partial charge is 0.475 e. The highest BCUT2D eigenvalue weighted by Gasteiger charge is 2.18. The molecule has 17 heavy (non-hydrogen) atoms. The number of halogens is 1. The van der Waals surface area contributed by atoms with Gasteiger partial charge in [-0.05, 0) is 12.1 Å². The van der Waals surface area contributed by atoms with E-state index in [0.717, 1.165) is 0 Å². The number of nitrogens with zero attached hydrogens (tertiary/aromatic N) is 1. The van der Waals surface area contributed by atoms with Crippen LogP contribution in [0.2, 0.25) is 5.02 Å². The number of benzene rings is 1. The molecule has 0 amide bonds. The molecule has 86 valence electrons. The lowest BCUT2D eigenvalue weighted by molar-refractivity contribution is -0.131. The highest BCUT2D eigenvalue weighted by atomic mass is 35.5. The van der Waals surface area contributed by atoms with Crippen molar-refractivity contribution in [2.75, 3.05) is 0 Å². The molecule has 0 saturated carbocycles. The summed E-state index contributed by atoms with van der Waals surface area (Å²) in [5.41, 5.74) is 0.533. The van der Waals surface area contributed by atoms with Crippen molar-refractivity contribution in [3.63, 3.8) is 0 Å². The topological polar surface area (TPSA) is 83.0 Å². The minimum atomic E-state index is -1.53. The molecule has 0 atom stereocenters. The number of imidazole rings is 1. The molecule has 1 aromatic heterocycles. The van der Waals surface area contributed by atoms with E-state index in [-0.39, 0.29) is 5.69 Å². The van der Waals surface area contributed by atoms with Gasteiger partial charge in [0, 0.05) is 5.56 Å². The lowest BCUT2D eigenvalue weighted by atomic mass is 10.2. The van der Waals surface area contributed by atoms with Gasteiger partial charge >= 0.3 is 5.97 Å². The molecule has 0 aliphatic carbocycles. The lowest BCUT2D eigenvalue weighted by Crippen LogP contribution is -2.12. The summed E-state index contributed by atoms with van der Waals surface area (Å²) in [5, 5.41) is 9.02. The lowest BCUT2D eigenvalue weighted by Gasteiger charge is -1.98. The maximum atomic E-state index is 11.2. The first kappa shape index (κ1) is 11.3. The second kappa shape index (κ2) is 4.39. The molecule has 1 aromatic carbocycles. The van der Waals surface area contributed by atoms with Crippen molar-refractivity contribution in [3.05, 3.63) is 41.2 Å². The molecule has 0 bridgehead atoms. The first-order valence-corrected chi connectivity index (χ1v) is 5.05. The molecule has 0 spiro atoms. The Morgan fingerprint density at radius 1 is 1.29 bits per heavy atom. The Morgan fingerprint density at radius 2 is 2.00 bits per heavy atom. The van der Waals surface area contributed by atoms with E-state index >= 15 is 0 Å². The summed E-state index contributed by atoms with van der Waals surface area (Å²) in [6, 6.07) is 6.93. The van der Waals surface area contributed by atoms with Crippen LogP contribution in [0, 0.1) is 0 Å². The number of aromatic amines is 1. The normalized spacial score (nSPS) is 10.2. The Labute approximate surface area is 101 Å². The van der Waals surface area contributed by atoms with Gasteiger partial charge in [0.2, 0.25) is 0 Å². The Morgan fingerprint density at radius 3 is 2.65 bits per heavy atom. The number of carboxylic acid groups (broad SMARTS) is 1. The van der Waals surface area contributed by atoms with E-state index in [1.54, 1.807) is 24.3 Å². The molecule has 0 fully saturated rings. The fourth-order valence-corrected chi connectivity index (χ4v) is 1.57. The third kappa shape index (κ3) is 2.19. The van der Waals surface area contributed by atoms with Crippen LogP contribution in [0.15, 0.2) is 30.5 Å². The Bertz CT molecular complexity index is 592. The first-order valence-electron chi connectivity index (χ1n) is 4.67. The van der Waals surface area contributed by atoms with Crippen molar-refractivity contribution in [1.82, 2.24) is 9.97 Å². The molecule has 0 unspecified atom stereocenters. The van der Waals surface area contributed by atoms with E-state index in [1.807, 2.05) is 0 Å². The van der Waals surface area contributed by atoms with E-state index in [4.69, 9.17) is 16.7 Å².